The van der Waals surface area contributed by atoms with Gasteiger partial charge in [-0.15, -0.1) is 0 Å². The smallest absolute Gasteiger partial charge is 0.416 e. The molecule has 1 heterocycles. The molecule has 1 aliphatic rings. The Morgan fingerprint density at radius 2 is 1.78 bits per heavy atom. The van der Waals surface area contributed by atoms with Crippen LogP contribution in [0.3, 0.4) is 0 Å². The monoisotopic (exact) mass is 385 g/mol. The van der Waals surface area contributed by atoms with Gasteiger partial charge in [0.15, 0.2) is 0 Å². The molecule has 1 fully saturated rings. The van der Waals surface area contributed by atoms with Crippen molar-refractivity contribution in [2.45, 2.75) is 59.2 Å². The molecule has 3 nitrogen and oxygen atoms in total. The second kappa shape index (κ2) is 8.11. The van der Waals surface area contributed by atoms with Crippen LogP contribution in [-0.4, -0.2) is 29.7 Å². The van der Waals surface area contributed by atoms with Crippen molar-refractivity contribution in [2.24, 2.45) is 17.8 Å². The van der Waals surface area contributed by atoms with Gasteiger partial charge < -0.3 is 9.64 Å². The Bertz CT molecular complexity index is 634. The average molecular weight is 385 g/mol. The average Bonchev–Trinajstić information content (AvgIpc) is 2.97. The van der Waals surface area contributed by atoms with E-state index in [2.05, 4.69) is 13.8 Å². The molecule has 6 heteroatoms. The molecule has 152 valence electrons. The molecule has 0 aromatic heterocycles. The molecule has 2 rings (SSSR count). The van der Waals surface area contributed by atoms with E-state index in [1.807, 2.05) is 20.8 Å². The Morgan fingerprint density at radius 3 is 2.26 bits per heavy atom. The maximum atomic E-state index is 12.7. The highest BCUT2D eigenvalue weighted by atomic mass is 19.4. The second-order valence-corrected chi connectivity index (χ2v) is 8.59. The molecule has 0 N–H and O–H groups in total. The summed E-state index contributed by atoms with van der Waals surface area (Å²) in [4.78, 5) is 14.1. The van der Waals surface area contributed by atoms with Gasteiger partial charge in [-0.3, -0.25) is 0 Å². The van der Waals surface area contributed by atoms with Crippen LogP contribution in [0.4, 0.5) is 18.0 Å². The summed E-state index contributed by atoms with van der Waals surface area (Å²) in [6.45, 7) is 11.1. The molecule has 1 saturated heterocycles. The fourth-order valence-electron chi connectivity index (χ4n) is 3.80. The zero-order valence-electron chi connectivity index (χ0n) is 16.8. The largest absolute Gasteiger partial charge is 0.444 e. The molecule has 0 aliphatic carbocycles. The fraction of sp³-hybridized carbons (Fsp3) is 0.667. The molecule has 3 unspecified atom stereocenters. The van der Waals surface area contributed by atoms with Gasteiger partial charge in [0.2, 0.25) is 0 Å². The quantitative estimate of drug-likeness (QED) is 0.658. The van der Waals surface area contributed by atoms with Gasteiger partial charge >= 0.3 is 12.3 Å². The number of carbonyl (C=O) groups excluding carboxylic acids is 1. The number of benzene rings is 1. The number of ether oxygens (including phenoxy) is 1. The zero-order valence-corrected chi connectivity index (χ0v) is 16.8. The molecule has 27 heavy (non-hydrogen) atoms. The summed E-state index contributed by atoms with van der Waals surface area (Å²) >= 11 is 0. The van der Waals surface area contributed by atoms with Crippen LogP contribution in [0.2, 0.25) is 0 Å². The highest BCUT2D eigenvalue weighted by Crippen LogP contribution is 2.35. The Labute approximate surface area is 159 Å². The molecule has 1 aliphatic heterocycles. The van der Waals surface area contributed by atoms with E-state index >= 15 is 0 Å². The van der Waals surface area contributed by atoms with Crippen LogP contribution in [-0.2, 0) is 17.3 Å². The third-order valence-electron chi connectivity index (χ3n) is 5.24. The lowest BCUT2D eigenvalue weighted by atomic mass is 9.80. The summed E-state index contributed by atoms with van der Waals surface area (Å²) in [5, 5.41) is 0. The van der Waals surface area contributed by atoms with Crippen LogP contribution in [0.15, 0.2) is 24.3 Å². The van der Waals surface area contributed by atoms with Crippen LogP contribution in [0.25, 0.3) is 0 Å². The Balaban J connectivity index is 2.02. The van der Waals surface area contributed by atoms with Gasteiger partial charge in [-0.25, -0.2) is 4.79 Å². The lowest BCUT2D eigenvalue weighted by molar-refractivity contribution is -0.137. The molecule has 0 bridgehead atoms. The first-order valence-corrected chi connectivity index (χ1v) is 9.54. The van der Waals surface area contributed by atoms with Crippen molar-refractivity contribution < 1.29 is 22.7 Å². The minimum absolute atomic E-state index is 0.263. The minimum Gasteiger partial charge on any atom is -0.444 e. The zero-order chi connectivity index (χ0) is 20.4. The maximum absolute atomic E-state index is 12.7. The van der Waals surface area contributed by atoms with E-state index in [9.17, 15) is 18.0 Å². The predicted octanol–water partition coefficient (Wildman–Crippen LogP) is 5.78. The number of amides is 1. The first kappa shape index (κ1) is 21.6. The Hall–Kier alpha value is -1.72. The van der Waals surface area contributed by atoms with E-state index in [1.54, 1.807) is 17.0 Å². The van der Waals surface area contributed by atoms with E-state index in [0.717, 1.165) is 24.1 Å². The standard InChI is InChI=1S/C21H30F3NO2/c1-6-16-12-25(19(26)27-20(3,4)5)13-18(16)14(2)11-15-7-9-17(10-8-15)21(22,23)24/h7-10,14,16,18H,6,11-13H2,1-5H3. The molecule has 0 spiro atoms. The number of likely N-dealkylation sites (tertiary alicyclic amines) is 1. The van der Waals surface area contributed by atoms with E-state index < -0.39 is 17.3 Å². The second-order valence-electron chi connectivity index (χ2n) is 8.59. The van der Waals surface area contributed by atoms with Gasteiger partial charge in [-0.05, 0) is 62.6 Å². The van der Waals surface area contributed by atoms with Crippen LogP contribution in [0.1, 0.15) is 52.2 Å². The summed E-state index contributed by atoms with van der Waals surface area (Å²) in [5.41, 5.74) is -0.258. The highest BCUT2D eigenvalue weighted by molar-refractivity contribution is 5.68. The Morgan fingerprint density at radius 1 is 1.19 bits per heavy atom. The third-order valence-corrected chi connectivity index (χ3v) is 5.24. The fourth-order valence-corrected chi connectivity index (χ4v) is 3.80. The van der Waals surface area contributed by atoms with Crippen molar-refractivity contribution in [2.75, 3.05) is 13.1 Å². The van der Waals surface area contributed by atoms with Crippen molar-refractivity contribution >= 4 is 6.09 Å². The number of hydrogen-bond acceptors (Lipinski definition) is 2. The van der Waals surface area contributed by atoms with Gasteiger partial charge in [0, 0.05) is 13.1 Å². The number of rotatable bonds is 4. The number of hydrogen-bond donors (Lipinski definition) is 0. The van der Waals surface area contributed by atoms with Crippen molar-refractivity contribution in [3.8, 4) is 0 Å². The molecule has 0 radical (unpaired) electrons. The molecule has 1 aromatic rings. The summed E-state index contributed by atoms with van der Waals surface area (Å²) < 4.78 is 43.6. The topological polar surface area (TPSA) is 29.5 Å². The van der Waals surface area contributed by atoms with Crippen LogP contribution >= 0.6 is 0 Å². The number of halogens is 3. The van der Waals surface area contributed by atoms with Crippen molar-refractivity contribution in [3.63, 3.8) is 0 Å². The van der Waals surface area contributed by atoms with Crippen molar-refractivity contribution in [1.82, 2.24) is 4.90 Å². The first-order chi connectivity index (χ1) is 12.4. The van der Waals surface area contributed by atoms with E-state index in [4.69, 9.17) is 4.74 Å². The number of carbonyl (C=O) groups is 1. The molecular weight excluding hydrogens is 355 g/mol. The summed E-state index contributed by atoms with van der Waals surface area (Å²) in [7, 11) is 0. The SMILES string of the molecule is CCC1CN(C(=O)OC(C)(C)C)CC1C(C)Cc1ccc(C(F)(F)F)cc1. The molecular formula is C21H30F3NO2. The lowest BCUT2D eigenvalue weighted by Crippen LogP contribution is -2.35. The normalized spacial score (nSPS) is 22.0. The van der Waals surface area contributed by atoms with Gasteiger partial charge in [0.25, 0.3) is 0 Å². The van der Waals surface area contributed by atoms with Crippen molar-refractivity contribution in [3.05, 3.63) is 35.4 Å². The van der Waals surface area contributed by atoms with Gasteiger partial charge in [-0.2, -0.15) is 13.2 Å². The number of nitrogens with zero attached hydrogens (tertiary/aromatic N) is 1. The molecule has 0 saturated carbocycles. The van der Waals surface area contributed by atoms with E-state index in [1.165, 1.54) is 0 Å². The summed E-state index contributed by atoms with van der Waals surface area (Å²) in [6, 6.07) is 5.39. The molecule has 1 aromatic carbocycles. The maximum Gasteiger partial charge on any atom is 0.416 e. The van der Waals surface area contributed by atoms with Gasteiger partial charge in [0.05, 0.1) is 5.56 Å². The molecule has 1 amide bonds. The predicted molar refractivity (Wildman–Crippen MR) is 99.4 cm³/mol. The van der Waals surface area contributed by atoms with Gasteiger partial charge in [-0.1, -0.05) is 32.4 Å². The van der Waals surface area contributed by atoms with E-state index in [0.29, 0.717) is 31.3 Å². The highest BCUT2D eigenvalue weighted by Gasteiger charge is 2.38. The van der Waals surface area contributed by atoms with Crippen LogP contribution < -0.4 is 0 Å². The summed E-state index contributed by atoms with van der Waals surface area (Å²) in [6.07, 6.45) is -2.94. The molecule has 3 atom stereocenters. The van der Waals surface area contributed by atoms with Crippen LogP contribution in [0, 0.1) is 17.8 Å². The Kier molecular flexibility index (Phi) is 6.48. The number of alkyl halides is 3. The lowest BCUT2D eigenvalue weighted by Gasteiger charge is -2.25. The first-order valence-electron chi connectivity index (χ1n) is 9.54. The van der Waals surface area contributed by atoms with E-state index in [-0.39, 0.29) is 12.0 Å². The minimum atomic E-state index is -4.31. The summed E-state index contributed by atoms with van der Waals surface area (Å²) in [5.74, 6) is 0.950. The van der Waals surface area contributed by atoms with Crippen LogP contribution in [0.5, 0.6) is 0 Å². The van der Waals surface area contributed by atoms with Gasteiger partial charge in [0.1, 0.15) is 5.60 Å². The van der Waals surface area contributed by atoms with Crippen molar-refractivity contribution in [1.29, 1.82) is 0 Å². The third kappa shape index (κ3) is 5.88.